The Hall–Kier alpha value is -1.48. The van der Waals surface area contributed by atoms with E-state index in [4.69, 9.17) is 9.47 Å². The Kier molecular flexibility index (Phi) is 5.07. The van der Waals surface area contributed by atoms with Crippen LogP contribution in [0.5, 0.6) is 11.5 Å². The lowest BCUT2D eigenvalue weighted by atomic mass is 10.1. The van der Waals surface area contributed by atoms with E-state index in [9.17, 15) is 0 Å². The number of nitrogens with one attached hydrogen (secondary N) is 1. The van der Waals surface area contributed by atoms with Crippen LogP contribution in [0.15, 0.2) is 24.3 Å². The summed E-state index contributed by atoms with van der Waals surface area (Å²) in [5.74, 6) is 1.71. The fourth-order valence-electron chi connectivity index (χ4n) is 2.03. The molecule has 1 heterocycles. The molecule has 0 saturated heterocycles. The number of hydrogen-bond acceptors (Lipinski definition) is 3. The van der Waals surface area contributed by atoms with E-state index in [0.717, 1.165) is 49.7 Å². The SMILES string of the molecule is CC(C)(C)NCCC=Cc1ccc2c(c1)OCCCO2. The zero-order valence-corrected chi connectivity index (χ0v) is 12.7. The summed E-state index contributed by atoms with van der Waals surface area (Å²) < 4.78 is 11.3. The molecule has 2 rings (SSSR count). The van der Waals surface area contributed by atoms with Gasteiger partial charge in [0.05, 0.1) is 13.2 Å². The first-order chi connectivity index (χ1) is 9.54. The maximum atomic E-state index is 5.69. The maximum Gasteiger partial charge on any atom is 0.161 e. The predicted molar refractivity (Wildman–Crippen MR) is 83.5 cm³/mol. The molecule has 3 heteroatoms. The summed E-state index contributed by atoms with van der Waals surface area (Å²) >= 11 is 0. The minimum atomic E-state index is 0.184. The molecule has 3 nitrogen and oxygen atoms in total. The summed E-state index contributed by atoms with van der Waals surface area (Å²) in [6, 6.07) is 6.11. The van der Waals surface area contributed by atoms with Crippen molar-refractivity contribution in [2.45, 2.75) is 39.2 Å². The number of ether oxygens (including phenoxy) is 2. The van der Waals surface area contributed by atoms with Crippen molar-refractivity contribution in [3.8, 4) is 11.5 Å². The fourth-order valence-corrected chi connectivity index (χ4v) is 2.03. The Labute approximate surface area is 122 Å². The van der Waals surface area contributed by atoms with E-state index in [1.807, 2.05) is 12.1 Å². The highest BCUT2D eigenvalue weighted by atomic mass is 16.5. The molecule has 0 unspecified atom stereocenters. The standard InChI is InChI=1S/C17H25NO2/c1-17(2,3)18-10-5-4-7-14-8-9-15-16(13-14)20-12-6-11-19-15/h4,7-9,13,18H,5-6,10-12H2,1-3H3. The average Bonchev–Trinajstić information content (AvgIpc) is 2.61. The van der Waals surface area contributed by atoms with Crippen LogP contribution < -0.4 is 14.8 Å². The highest BCUT2D eigenvalue weighted by molar-refractivity contribution is 5.56. The van der Waals surface area contributed by atoms with Gasteiger partial charge in [-0.15, -0.1) is 0 Å². The first-order valence-corrected chi connectivity index (χ1v) is 7.36. The van der Waals surface area contributed by atoms with Crippen molar-refractivity contribution in [1.29, 1.82) is 0 Å². The smallest absolute Gasteiger partial charge is 0.161 e. The third kappa shape index (κ3) is 4.89. The van der Waals surface area contributed by atoms with Crippen molar-refractivity contribution in [3.05, 3.63) is 29.8 Å². The number of fused-ring (bicyclic) bond motifs is 1. The van der Waals surface area contributed by atoms with Gasteiger partial charge in [-0.25, -0.2) is 0 Å². The van der Waals surface area contributed by atoms with Crippen molar-refractivity contribution in [2.24, 2.45) is 0 Å². The van der Waals surface area contributed by atoms with Gasteiger partial charge >= 0.3 is 0 Å². The van der Waals surface area contributed by atoms with E-state index in [0.29, 0.717) is 0 Å². The van der Waals surface area contributed by atoms with Crippen LogP contribution in [-0.4, -0.2) is 25.3 Å². The predicted octanol–water partition coefficient (Wildman–Crippen LogP) is 3.64. The van der Waals surface area contributed by atoms with E-state index >= 15 is 0 Å². The largest absolute Gasteiger partial charge is 0.490 e. The molecule has 0 atom stereocenters. The summed E-state index contributed by atoms with van der Waals surface area (Å²) in [6.45, 7) is 9.00. The molecule has 0 amide bonds. The topological polar surface area (TPSA) is 30.5 Å². The van der Waals surface area contributed by atoms with Gasteiger partial charge in [-0.05, 0) is 51.4 Å². The van der Waals surface area contributed by atoms with Gasteiger partial charge < -0.3 is 14.8 Å². The molecular weight excluding hydrogens is 250 g/mol. The van der Waals surface area contributed by atoms with Gasteiger partial charge in [-0.1, -0.05) is 18.2 Å². The maximum absolute atomic E-state index is 5.69. The number of rotatable bonds is 4. The zero-order valence-electron chi connectivity index (χ0n) is 12.7. The monoisotopic (exact) mass is 275 g/mol. The zero-order chi connectivity index (χ0) is 14.4. The van der Waals surface area contributed by atoms with Crippen molar-refractivity contribution in [1.82, 2.24) is 5.32 Å². The van der Waals surface area contributed by atoms with E-state index in [2.05, 4.69) is 44.3 Å². The van der Waals surface area contributed by atoms with E-state index in [1.165, 1.54) is 0 Å². The van der Waals surface area contributed by atoms with Gasteiger partial charge in [0, 0.05) is 12.0 Å². The molecule has 1 aromatic carbocycles. The van der Waals surface area contributed by atoms with Crippen LogP contribution in [0.2, 0.25) is 0 Å². The van der Waals surface area contributed by atoms with Crippen molar-refractivity contribution in [2.75, 3.05) is 19.8 Å². The van der Waals surface area contributed by atoms with Gasteiger partial charge in [-0.2, -0.15) is 0 Å². The molecule has 20 heavy (non-hydrogen) atoms. The Morgan fingerprint density at radius 1 is 1.15 bits per heavy atom. The van der Waals surface area contributed by atoms with Crippen molar-refractivity contribution in [3.63, 3.8) is 0 Å². The molecule has 110 valence electrons. The highest BCUT2D eigenvalue weighted by Gasteiger charge is 2.09. The second-order valence-corrected chi connectivity index (χ2v) is 6.12. The summed E-state index contributed by atoms with van der Waals surface area (Å²) in [5, 5.41) is 3.47. The van der Waals surface area contributed by atoms with Gasteiger partial charge in [-0.3, -0.25) is 0 Å². The third-order valence-corrected chi connectivity index (χ3v) is 3.05. The normalized spacial score (nSPS) is 15.3. The van der Waals surface area contributed by atoms with E-state index in [1.54, 1.807) is 0 Å². The lowest BCUT2D eigenvalue weighted by Gasteiger charge is -2.19. The molecule has 1 aliphatic heterocycles. The van der Waals surface area contributed by atoms with E-state index in [-0.39, 0.29) is 5.54 Å². The van der Waals surface area contributed by atoms with Gasteiger partial charge in [0.25, 0.3) is 0 Å². The quantitative estimate of drug-likeness (QED) is 0.851. The first kappa shape index (κ1) is 14.9. The number of benzene rings is 1. The lowest BCUT2D eigenvalue weighted by Crippen LogP contribution is -2.36. The Morgan fingerprint density at radius 2 is 1.90 bits per heavy atom. The third-order valence-electron chi connectivity index (χ3n) is 3.05. The van der Waals surface area contributed by atoms with E-state index < -0.39 is 0 Å². The van der Waals surface area contributed by atoms with Crippen molar-refractivity contribution < 1.29 is 9.47 Å². The van der Waals surface area contributed by atoms with Gasteiger partial charge in [0.2, 0.25) is 0 Å². The molecule has 0 spiro atoms. The minimum absolute atomic E-state index is 0.184. The molecule has 1 aromatic rings. The Bertz CT molecular complexity index is 461. The average molecular weight is 275 g/mol. The fraction of sp³-hybridized carbons (Fsp3) is 0.529. The van der Waals surface area contributed by atoms with Crippen LogP contribution in [-0.2, 0) is 0 Å². The summed E-state index contributed by atoms with van der Waals surface area (Å²) in [4.78, 5) is 0. The Balaban J connectivity index is 1.88. The van der Waals surface area contributed by atoms with Crippen LogP contribution in [0.3, 0.4) is 0 Å². The molecule has 0 fully saturated rings. The summed E-state index contributed by atoms with van der Waals surface area (Å²) in [6.07, 6.45) is 6.29. The molecule has 1 N–H and O–H groups in total. The Morgan fingerprint density at radius 3 is 2.65 bits per heavy atom. The molecule has 0 radical (unpaired) electrons. The van der Waals surface area contributed by atoms with Crippen LogP contribution in [0.25, 0.3) is 6.08 Å². The van der Waals surface area contributed by atoms with Gasteiger partial charge in [0.1, 0.15) is 0 Å². The van der Waals surface area contributed by atoms with Crippen LogP contribution in [0.4, 0.5) is 0 Å². The molecule has 0 aromatic heterocycles. The second-order valence-electron chi connectivity index (χ2n) is 6.12. The number of hydrogen-bond donors (Lipinski definition) is 1. The second kappa shape index (κ2) is 6.80. The molecular formula is C17H25NO2. The highest BCUT2D eigenvalue weighted by Crippen LogP contribution is 2.30. The van der Waals surface area contributed by atoms with Crippen LogP contribution in [0.1, 0.15) is 39.2 Å². The van der Waals surface area contributed by atoms with Crippen LogP contribution in [0, 0.1) is 0 Å². The minimum Gasteiger partial charge on any atom is -0.490 e. The molecule has 0 aliphatic carbocycles. The van der Waals surface area contributed by atoms with Crippen LogP contribution >= 0.6 is 0 Å². The molecule has 1 aliphatic rings. The molecule has 0 bridgehead atoms. The summed E-state index contributed by atoms with van der Waals surface area (Å²) in [5.41, 5.74) is 1.34. The lowest BCUT2D eigenvalue weighted by molar-refractivity contribution is 0.297. The van der Waals surface area contributed by atoms with Crippen molar-refractivity contribution >= 4 is 6.08 Å². The summed E-state index contributed by atoms with van der Waals surface area (Å²) in [7, 11) is 0. The first-order valence-electron chi connectivity index (χ1n) is 7.36. The molecule has 0 saturated carbocycles. The van der Waals surface area contributed by atoms with Gasteiger partial charge in [0.15, 0.2) is 11.5 Å².